The van der Waals surface area contributed by atoms with Gasteiger partial charge in [0.15, 0.2) is 0 Å². The van der Waals surface area contributed by atoms with Gasteiger partial charge in [-0.1, -0.05) is 13.8 Å². The minimum atomic E-state index is 1.01. The van der Waals surface area contributed by atoms with Crippen LogP contribution in [0.4, 0.5) is 0 Å². The van der Waals surface area contributed by atoms with Crippen molar-refractivity contribution in [2.24, 2.45) is 0 Å². The molecule has 92 valence electrons. The van der Waals surface area contributed by atoms with E-state index in [1.54, 1.807) is 0 Å². The number of nitrogens with zero attached hydrogens (tertiary/aromatic N) is 1. The van der Waals surface area contributed by atoms with Crippen LogP contribution in [0, 0.1) is 2.88 Å². The van der Waals surface area contributed by atoms with Gasteiger partial charge in [-0.15, -0.1) is 11.3 Å². The molecule has 0 saturated heterocycles. The number of hydrogen-bond acceptors (Lipinski definition) is 3. The first-order valence-electron chi connectivity index (χ1n) is 5.92. The van der Waals surface area contributed by atoms with Crippen molar-refractivity contribution in [3.8, 4) is 0 Å². The van der Waals surface area contributed by atoms with E-state index < -0.39 is 0 Å². The number of nitrogens with one attached hydrogen (secondary N) is 1. The average Bonchev–Trinajstić information content (AvgIpc) is 2.70. The van der Waals surface area contributed by atoms with Crippen molar-refractivity contribution >= 4 is 33.9 Å². The molecular weight excluding hydrogens is 331 g/mol. The summed E-state index contributed by atoms with van der Waals surface area (Å²) >= 11 is 4.19. The highest BCUT2D eigenvalue weighted by atomic mass is 127. The maximum Gasteiger partial charge on any atom is 0.0656 e. The van der Waals surface area contributed by atoms with Gasteiger partial charge in [-0.2, -0.15) is 0 Å². The molecule has 1 aromatic rings. The fourth-order valence-electron chi connectivity index (χ4n) is 1.64. The molecule has 1 aromatic heterocycles. The zero-order valence-electron chi connectivity index (χ0n) is 10.1. The molecule has 0 aliphatic heterocycles. The van der Waals surface area contributed by atoms with Gasteiger partial charge >= 0.3 is 0 Å². The second-order valence-electron chi connectivity index (χ2n) is 3.82. The number of thiophene rings is 1. The molecular formula is C12H21IN2S. The van der Waals surface area contributed by atoms with Crippen LogP contribution in [0.2, 0.25) is 0 Å². The predicted molar refractivity (Wildman–Crippen MR) is 81.1 cm³/mol. The van der Waals surface area contributed by atoms with Crippen molar-refractivity contribution in [3.05, 3.63) is 19.9 Å². The number of hydrogen-bond donors (Lipinski definition) is 1. The summed E-state index contributed by atoms with van der Waals surface area (Å²) in [6.07, 6.45) is 1.24. The van der Waals surface area contributed by atoms with Crippen LogP contribution in [0.1, 0.15) is 25.8 Å². The Kier molecular flexibility index (Phi) is 7.60. The van der Waals surface area contributed by atoms with Gasteiger partial charge in [0.05, 0.1) is 2.88 Å². The van der Waals surface area contributed by atoms with Gasteiger partial charge in [0.25, 0.3) is 0 Å². The standard InChI is InChI=1S/C12H21IN2S/c1-3-15(4-2)7-5-6-14-9-11-8-12(13)16-10-11/h8,10,14H,3-7,9H2,1-2H3. The Morgan fingerprint density at radius 2 is 2.12 bits per heavy atom. The average molecular weight is 352 g/mol. The van der Waals surface area contributed by atoms with Gasteiger partial charge in [0, 0.05) is 6.54 Å². The third-order valence-electron chi connectivity index (χ3n) is 2.67. The highest BCUT2D eigenvalue weighted by Crippen LogP contribution is 2.16. The first-order valence-corrected chi connectivity index (χ1v) is 7.88. The lowest BCUT2D eigenvalue weighted by molar-refractivity contribution is 0.298. The van der Waals surface area contributed by atoms with Crippen molar-refractivity contribution in [1.82, 2.24) is 10.2 Å². The van der Waals surface area contributed by atoms with Crippen LogP contribution in [-0.2, 0) is 6.54 Å². The van der Waals surface area contributed by atoms with E-state index in [-0.39, 0.29) is 0 Å². The summed E-state index contributed by atoms with van der Waals surface area (Å²) in [6.45, 7) is 10.1. The summed E-state index contributed by atoms with van der Waals surface area (Å²) in [7, 11) is 0. The first-order chi connectivity index (χ1) is 7.76. The Labute approximate surface area is 117 Å². The van der Waals surface area contributed by atoms with Gasteiger partial charge in [-0.25, -0.2) is 0 Å². The van der Waals surface area contributed by atoms with Crippen LogP contribution in [0.15, 0.2) is 11.4 Å². The van der Waals surface area contributed by atoms with Gasteiger partial charge in [0.2, 0.25) is 0 Å². The lowest BCUT2D eigenvalue weighted by Crippen LogP contribution is -2.27. The summed E-state index contributed by atoms with van der Waals surface area (Å²) in [4.78, 5) is 2.47. The van der Waals surface area contributed by atoms with Crippen molar-refractivity contribution in [3.63, 3.8) is 0 Å². The Bertz CT molecular complexity index is 284. The van der Waals surface area contributed by atoms with Crippen LogP contribution >= 0.6 is 33.9 Å². The Morgan fingerprint density at radius 1 is 1.38 bits per heavy atom. The van der Waals surface area contributed by atoms with Crippen LogP contribution in [0.25, 0.3) is 0 Å². The monoisotopic (exact) mass is 352 g/mol. The fraction of sp³-hybridized carbons (Fsp3) is 0.667. The molecule has 0 saturated carbocycles. The Morgan fingerprint density at radius 3 is 2.69 bits per heavy atom. The van der Waals surface area contributed by atoms with Crippen molar-refractivity contribution < 1.29 is 0 Å². The topological polar surface area (TPSA) is 15.3 Å². The molecule has 0 radical (unpaired) electrons. The smallest absolute Gasteiger partial charge is 0.0656 e. The SMILES string of the molecule is CCN(CC)CCCNCc1csc(I)c1. The van der Waals surface area contributed by atoms with Crippen LogP contribution in [0.3, 0.4) is 0 Å². The lowest BCUT2D eigenvalue weighted by atomic mass is 10.3. The summed E-state index contributed by atoms with van der Waals surface area (Å²) in [5, 5.41) is 5.73. The van der Waals surface area contributed by atoms with E-state index in [9.17, 15) is 0 Å². The highest BCUT2D eigenvalue weighted by Gasteiger charge is 1.99. The minimum Gasteiger partial charge on any atom is -0.313 e. The number of halogens is 1. The molecule has 0 aromatic carbocycles. The molecule has 0 aliphatic rings. The molecule has 0 spiro atoms. The maximum atomic E-state index is 3.50. The van der Waals surface area contributed by atoms with Gasteiger partial charge in [-0.3, -0.25) is 0 Å². The van der Waals surface area contributed by atoms with Gasteiger partial charge in [0.1, 0.15) is 0 Å². The fourth-order valence-corrected chi connectivity index (χ4v) is 3.05. The summed E-state index contributed by atoms with van der Waals surface area (Å²) < 4.78 is 1.37. The van der Waals surface area contributed by atoms with E-state index in [4.69, 9.17) is 0 Å². The predicted octanol–water partition coefficient (Wildman–Crippen LogP) is 3.17. The van der Waals surface area contributed by atoms with E-state index in [1.807, 2.05) is 11.3 Å². The van der Waals surface area contributed by atoms with E-state index in [0.29, 0.717) is 0 Å². The maximum absolute atomic E-state index is 3.50. The molecule has 16 heavy (non-hydrogen) atoms. The third kappa shape index (κ3) is 5.61. The zero-order chi connectivity index (χ0) is 11.8. The van der Waals surface area contributed by atoms with Crippen LogP contribution < -0.4 is 5.32 Å². The largest absolute Gasteiger partial charge is 0.313 e. The molecule has 0 fully saturated rings. The van der Waals surface area contributed by atoms with E-state index >= 15 is 0 Å². The van der Waals surface area contributed by atoms with E-state index in [2.05, 4.69) is 58.1 Å². The highest BCUT2D eigenvalue weighted by molar-refractivity contribution is 14.1. The van der Waals surface area contributed by atoms with Gasteiger partial charge < -0.3 is 10.2 Å². The van der Waals surface area contributed by atoms with Crippen molar-refractivity contribution in [2.45, 2.75) is 26.8 Å². The van der Waals surface area contributed by atoms with E-state index in [0.717, 1.165) is 13.1 Å². The molecule has 1 N–H and O–H groups in total. The van der Waals surface area contributed by atoms with Crippen molar-refractivity contribution in [2.75, 3.05) is 26.2 Å². The molecule has 1 rings (SSSR count). The van der Waals surface area contributed by atoms with E-state index in [1.165, 1.54) is 34.5 Å². The molecule has 1 heterocycles. The summed E-state index contributed by atoms with van der Waals surface area (Å²) in [5.41, 5.74) is 1.41. The minimum absolute atomic E-state index is 1.01. The van der Waals surface area contributed by atoms with Gasteiger partial charge in [-0.05, 0) is 72.2 Å². The molecule has 4 heteroatoms. The first kappa shape index (κ1) is 14.4. The van der Waals surface area contributed by atoms with Crippen molar-refractivity contribution in [1.29, 1.82) is 0 Å². The van der Waals surface area contributed by atoms with Crippen LogP contribution in [-0.4, -0.2) is 31.1 Å². The molecule has 0 unspecified atom stereocenters. The quantitative estimate of drug-likeness (QED) is 0.571. The second-order valence-corrected chi connectivity index (χ2v) is 6.62. The Hall–Kier alpha value is 0.350. The normalized spacial score (nSPS) is 11.2. The molecule has 2 nitrogen and oxygen atoms in total. The van der Waals surface area contributed by atoms with Crippen LogP contribution in [0.5, 0.6) is 0 Å². The lowest BCUT2D eigenvalue weighted by Gasteiger charge is -2.17. The Balaban J connectivity index is 2.04. The molecule has 0 aliphatic carbocycles. The third-order valence-corrected chi connectivity index (χ3v) is 4.51. The molecule has 0 bridgehead atoms. The summed E-state index contributed by atoms with van der Waals surface area (Å²) in [5.74, 6) is 0. The second kappa shape index (κ2) is 8.44. The molecule has 0 atom stereocenters. The molecule has 0 amide bonds. The summed E-state index contributed by atoms with van der Waals surface area (Å²) in [6, 6.07) is 2.25. The number of rotatable bonds is 8. The zero-order valence-corrected chi connectivity index (χ0v) is 13.1.